The first-order valence-electron chi connectivity index (χ1n) is 5.78. The van der Waals surface area contributed by atoms with Gasteiger partial charge in [-0.1, -0.05) is 0 Å². The number of hydrogen-bond acceptors (Lipinski definition) is 7. The van der Waals surface area contributed by atoms with Gasteiger partial charge in [0.05, 0.1) is 12.6 Å². The molecule has 1 heterocycles. The molecule has 0 aliphatic rings. The lowest BCUT2D eigenvalue weighted by atomic mass is 10.2. The molecule has 0 spiro atoms. The van der Waals surface area contributed by atoms with E-state index in [2.05, 4.69) is 15.0 Å². The Bertz CT molecular complexity index is 516. The Hall–Kier alpha value is -2.00. The first kappa shape index (κ1) is 16.1. The van der Waals surface area contributed by atoms with Crippen molar-refractivity contribution in [3.8, 4) is 0 Å². The van der Waals surface area contributed by atoms with E-state index in [0.717, 1.165) is 11.3 Å². The summed E-state index contributed by atoms with van der Waals surface area (Å²) in [6.07, 6.45) is 0. The number of carbonyl (C=O) groups excluding carboxylic acids is 2. The van der Waals surface area contributed by atoms with E-state index < -0.39 is 29.9 Å². The van der Waals surface area contributed by atoms with Gasteiger partial charge in [0, 0.05) is 5.38 Å². The highest BCUT2D eigenvalue weighted by atomic mass is 32.1. The zero-order chi connectivity index (χ0) is 15.3. The van der Waals surface area contributed by atoms with Gasteiger partial charge in [0.25, 0.3) is 0 Å². The molecule has 0 aromatic carbocycles. The van der Waals surface area contributed by atoms with Crippen molar-refractivity contribution < 1.29 is 24.2 Å². The summed E-state index contributed by atoms with van der Waals surface area (Å²) >= 11 is 1.09. The molecule has 9 heteroatoms. The largest absolute Gasteiger partial charge is 0.476 e. The van der Waals surface area contributed by atoms with Gasteiger partial charge in [0.15, 0.2) is 11.7 Å². The number of aromatic carboxylic acids is 1. The van der Waals surface area contributed by atoms with E-state index in [4.69, 9.17) is 10.8 Å². The molecule has 0 aliphatic carbocycles. The van der Waals surface area contributed by atoms with Gasteiger partial charge in [-0.2, -0.15) is 0 Å². The summed E-state index contributed by atoms with van der Waals surface area (Å²) in [6, 6.07) is -1.97. The molecule has 110 valence electrons. The standard InChI is InChI=1S/C11H15N3O5S/c1-3-19-11(18)7(12)8(15)13-5(2)9-14-6(4-20-9)10(16)17/h4-5,7H,3,12H2,1-2H3,(H,13,15)(H,16,17). The van der Waals surface area contributed by atoms with Crippen LogP contribution in [0.25, 0.3) is 0 Å². The Labute approximate surface area is 118 Å². The third-order valence-corrected chi connectivity index (χ3v) is 3.32. The topological polar surface area (TPSA) is 132 Å². The summed E-state index contributed by atoms with van der Waals surface area (Å²) in [5, 5.41) is 13.0. The maximum atomic E-state index is 11.7. The summed E-state index contributed by atoms with van der Waals surface area (Å²) in [6.45, 7) is 3.35. The van der Waals surface area contributed by atoms with E-state index in [0.29, 0.717) is 5.01 Å². The van der Waals surface area contributed by atoms with Gasteiger partial charge >= 0.3 is 11.9 Å². The number of carboxylic acids is 1. The van der Waals surface area contributed by atoms with Crippen LogP contribution >= 0.6 is 11.3 Å². The number of nitrogens with one attached hydrogen (secondary N) is 1. The number of aromatic nitrogens is 1. The maximum Gasteiger partial charge on any atom is 0.355 e. The maximum absolute atomic E-state index is 11.7. The summed E-state index contributed by atoms with van der Waals surface area (Å²) in [4.78, 5) is 37.6. The Morgan fingerprint density at radius 3 is 2.70 bits per heavy atom. The zero-order valence-corrected chi connectivity index (χ0v) is 11.8. The Balaban J connectivity index is 2.64. The Morgan fingerprint density at radius 2 is 2.20 bits per heavy atom. The quantitative estimate of drug-likeness (QED) is 0.494. The summed E-state index contributed by atoms with van der Waals surface area (Å²) < 4.78 is 4.63. The molecular weight excluding hydrogens is 286 g/mol. The van der Waals surface area contributed by atoms with Crippen molar-refractivity contribution >= 4 is 29.2 Å². The van der Waals surface area contributed by atoms with Gasteiger partial charge in [-0.15, -0.1) is 11.3 Å². The van der Waals surface area contributed by atoms with Crippen molar-refractivity contribution in [3.63, 3.8) is 0 Å². The second kappa shape index (κ2) is 6.96. The van der Waals surface area contributed by atoms with Crippen molar-refractivity contribution in [2.24, 2.45) is 5.73 Å². The lowest BCUT2D eigenvalue weighted by molar-refractivity contribution is -0.148. The number of thiazole rings is 1. The molecule has 20 heavy (non-hydrogen) atoms. The van der Waals surface area contributed by atoms with Crippen LogP contribution in [0.1, 0.15) is 35.4 Å². The van der Waals surface area contributed by atoms with Crippen LogP contribution in [0.5, 0.6) is 0 Å². The van der Waals surface area contributed by atoms with Crippen LogP contribution in [-0.2, 0) is 14.3 Å². The predicted octanol–water partition coefficient (Wildman–Crippen LogP) is -0.0911. The van der Waals surface area contributed by atoms with Gasteiger partial charge < -0.3 is 20.9 Å². The number of carbonyl (C=O) groups is 3. The summed E-state index contributed by atoms with van der Waals surface area (Å²) in [7, 11) is 0. The fraction of sp³-hybridized carbons (Fsp3) is 0.455. The number of nitrogens with two attached hydrogens (primary N) is 1. The van der Waals surface area contributed by atoms with E-state index >= 15 is 0 Å². The Kier molecular flexibility index (Phi) is 5.59. The minimum absolute atomic E-state index is 0.0965. The first-order chi connectivity index (χ1) is 9.36. The SMILES string of the molecule is CCOC(=O)C(N)C(=O)NC(C)c1nc(C(=O)O)cs1. The highest BCUT2D eigenvalue weighted by Crippen LogP contribution is 2.18. The van der Waals surface area contributed by atoms with Gasteiger partial charge in [-0.25, -0.2) is 14.6 Å². The highest BCUT2D eigenvalue weighted by molar-refractivity contribution is 7.09. The van der Waals surface area contributed by atoms with Crippen molar-refractivity contribution in [2.75, 3.05) is 6.61 Å². The molecule has 4 N–H and O–H groups in total. The van der Waals surface area contributed by atoms with Gasteiger partial charge in [-0.3, -0.25) is 4.79 Å². The molecule has 0 radical (unpaired) electrons. The van der Waals surface area contributed by atoms with E-state index in [-0.39, 0.29) is 12.3 Å². The summed E-state index contributed by atoms with van der Waals surface area (Å²) in [5.74, 6) is -2.67. The van der Waals surface area contributed by atoms with E-state index in [1.807, 2.05) is 0 Å². The zero-order valence-electron chi connectivity index (χ0n) is 11.0. The molecule has 0 saturated heterocycles. The van der Waals surface area contributed by atoms with Crippen molar-refractivity contribution in [1.82, 2.24) is 10.3 Å². The van der Waals surface area contributed by atoms with Crippen LogP contribution < -0.4 is 11.1 Å². The number of rotatable bonds is 6. The molecule has 2 atom stereocenters. The molecule has 1 rings (SSSR count). The molecular formula is C11H15N3O5S. The van der Waals surface area contributed by atoms with Gasteiger partial charge in [0.1, 0.15) is 5.01 Å². The van der Waals surface area contributed by atoms with E-state index in [9.17, 15) is 14.4 Å². The number of nitrogens with zero attached hydrogens (tertiary/aromatic N) is 1. The number of ether oxygens (including phenoxy) is 1. The van der Waals surface area contributed by atoms with Crippen LogP contribution in [-0.4, -0.2) is 40.6 Å². The number of amides is 1. The molecule has 1 amide bonds. The third-order valence-electron chi connectivity index (χ3n) is 2.29. The van der Waals surface area contributed by atoms with Crippen molar-refractivity contribution in [1.29, 1.82) is 0 Å². The average Bonchev–Trinajstić information content (AvgIpc) is 2.87. The second-order valence-electron chi connectivity index (χ2n) is 3.84. The molecule has 0 bridgehead atoms. The lowest BCUT2D eigenvalue weighted by Gasteiger charge is -2.14. The average molecular weight is 301 g/mol. The molecule has 0 aliphatic heterocycles. The molecule has 2 unspecified atom stereocenters. The van der Waals surface area contributed by atoms with Crippen LogP contribution in [0.2, 0.25) is 0 Å². The predicted molar refractivity (Wildman–Crippen MR) is 70.2 cm³/mol. The van der Waals surface area contributed by atoms with Gasteiger partial charge in [0.2, 0.25) is 5.91 Å². The molecule has 0 fully saturated rings. The minimum Gasteiger partial charge on any atom is -0.476 e. The minimum atomic E-state index is -1.42. The van der Waals surface area contributed by atoms with Crippen molar-refractivity contribution in [2.45, 2.75) is 25.9 Å². The van der Waals surface area contributed by atoms with Gasteiger partial charge in [-0.05, 0) is 13.8 Å². The highest BCUT2D eigenvalue weighted by Gasteiger charge is 2.25. The van der Waals surface area contributed by atoms with Crippen LogP contribution in [0, 0.1) is 0 Å². The number of esters is 1. The summed E-state index contributed by atoms with van der Waals surface area (Å²) in [5.41, 5.74) is 5.33. The fourth-order valence-corrected chi connectivity index (χ4v) is 2.09. The van der Waals surface area contributed by atoms with Crippen LogP contribution in [0.3, 0.4) is 0 Å². The monoisotopic (exact) mass is 301 g/mol. The molecule has 0 saturated carbocycles. The smallest absolute Gasteiger partial charge is 0.355 e. The lowest BCUT2D eigenvalue weighted by Crippen LogP contribution is -2.47. The fourth-order valence-electron chi connectivity index (χ4n) is 1.29. The molecule has 1 aromatic heterocycles. The van der Waals surface area contributed by atoms with E-state index in [1.54, 1.807) is 13.8 Å². The first-order valence-corrected chi connectivity index (χ1v) is 6.66. The number of carboxylic acid groups (broad SMARTS) is 1. The normalized spacial score (nSPS) is 13.3. The number of hydrogen-bond donors (Lipinski definition) is 3. The molecule has 8 nitrogen and oxygen atoms in total. The van der Waals surface area contributed by atoms with Crippen LogP contribution in [0.4, 0.5) is 0 Å². The third kappa shape index (κ3) is 4.00. The molecule has 1 aromatic rings. The van der Waals surface area contributed by atoms with Crippen LogP contribution in [0.15, 0.2) is 5.38 Å². The van der Waals surface area contributed by atoms with E-state index in [1.165, 1.54) is 5.38 Å². The van der Waals surface area contributed by atoms with Crippen molar-refractivity contribution in [3.05, 3.63) is 16.1 Å². The Morgan fingerprint density at radius 1 is 1.55 bits per heavy atom. The second-order valence-corrected chi connectivity index (χ2v) is 4.73.